The maximum absolute atomic E-state index is 12.3. The van der Waals surface area contributed by atoms with Crippen molar-refractivity contribution < 1.29 is 14.6 Å². The highest BCUT2D eigenvalue weighted by Gasteiger charge is 2.31. The minimum absolute atomic E-state index is 0.229. The molecule has 2 aliphatic rings. The first-order valence-corrected chi connectivity index (χ1v) is 15.2. The number of piperidine rings is 1. The molecule has 5 nitrogen and oxygen atoms in total. The van der Waals surface area contributed by atoms with E-state index >= 15 is 0 Å². The van der Waals surface area contributed by atoms with Crippen LogP contribution >= 0.6 is 0 Å². The molecule has 1 unspecified atom stereocenters. The Morgan fingerprint density at radius 3 is 2.49 bits per heavy atom. The van der Waals surface area contributed by atoms with Crippen molar-refractivity contribution in [2.24, 2.45) is 0 Å². The van der Waals surface area contributed by atoms with E-state index in [1.54, 1.807) is 0 Å². The summed E-state index contributed by atoms with van der Waals surface area (Å²) in [5.41, 5.74) is 10.7. The standard InChI is InChI=1S/C36H44N2O3/c1-5-41-35(40)36(3,4)30-15-13-26(14-16-30)32(39)9-7-21-38-22-18-27(19-23-38)33-31-17-10-25(2)24-29(31)12-11-28-8-6-20-37-34(28)33/h6,8,10,13-17,20,24,32,39H,5,7,9,11-12,18-19,21-23H2,1-4H3. The van der Waals surface area contributed by atoms with E-state index in [4.69, 9.17) is 9.72 Å². The lowest BCUT2D eigenvalue weighted by molar-refractivity contribution is -0.148. The Labute approximate surface area is 245 Å². The van der Waals surface area contributed by atoms with Gasteiger partial charge in [0, 0.05) is 24.9 Å². The number of fused-ring (bicyclic) bond motifs is 2. The van der Waals surface area contributed by atoms with Gasteiger partial charge in [-0.15, -0.1) is 0 Å². The Kier molecular flexibility index (Phi) is 9.06. The lowest BCUT2D eigenvalue weighted by atomic mass is 9.84. The summed E-state index contributed by atoms with van der Waals surface area (Å²) in [6.45, 7) is 11.2. The molecule has 41 heavy (non-hydrogen) atoms. The third-order valence-electron chi connectivity index (χ3n) is 8.89. The molecule has 1 aliphatic carbocycles. The molecule has 3 aromatic rings. The fraction of sp³-hybridized carbons (Fsp3) is 0.444. The molecule has 1 aromatic heterocycles. The van der Waals surface area contributed by atoms with Gasteiger partial charge in [-0.05, 0) is 107 Å². The van der Waals surface area contributed by atoms with Gasteiger partial charge in [-0.25, -0.2) is 0 Å². The number of carbonyl (C=O) groups is 1. The fourth-order valence-electron chi connectivity index (χ4n) is 6.32. The van der Waals surface area contributed by atoms with Crippen LogP contribution in [-0.4, -0.2) is 47.2 Å². The predicted octanol–water partition coefficient (Wildman–Crippen LogP) is 6.74. The summed E-state index contributed by atoms with van der Waals surface area (Å²) in [6.07, 6.45) is 7.30. The van der Waals surface area contributed by atoms with Crippen LogP contribution in [0.4, 0.5) is 0 Å². The molecule has 1 aliphatic heterocycles. The first kappa shape index (κ1) is 29.2. The largest absolute Gasteiger partial charge is 0.465 e. The molecule has 1 N–H and O–H groups in total. The summed E-state index contributed by atoms with van der Waals surface area (Å²) in [5.74, 6) is -0.229. The average molecular weight is 553 g/mol. The second-order valence-electron chi connectivity index (χ2n) is 12.1. The van der Waals surface area contributed by atoms with Crippen molar-refractivity contribution in [1.82, 2.24) is 9.88 Å². The van der Waals surface area contributed by atoms with Crippen LogP contribution in [0, 0.1) is 6.92 Å². The fourth-order valence-corrected chi connectivity index (χ4v) is 6.32. The number of rotatable bonds is 8. The quantitative estimate of drug-likeness (QED) is 0.314. The lowest BCUT2D eigenvalue weighted by Crippen LogP contribution is -2.32. The highest BCUT2D eigenvalue weighted by molar-refractivity contribution is 5.84. The van der Waals surface area contributed by atoms with E-state index in [1.165, 1.54) is 39.1 Å². The molecule has 5 heteroatoms. The van der Waals surface area contributed by atoms with Crippen LogP contribution in [0.15, 0.2) is 66.4 Å². The minimum Gasteiger partial charge on any atom is -0.465 e. The third-order valence-corrected chi connectivity index (χ3v) is 8.89. The lowest BCUT2D eigenvalue weighted by Gasteiger charge is -2.30. The number of hydrogen-bond acceptors (Lipinski definition) is 5. The van der Waals surface area contributed by atoms with Crippen LogP contribution in [0.1, 0.15) is 91.6 Å². The van der Waals surface area contributed by atoms with Crippen molar-refractivity contribution in [3.05, 3.63) is 105 Å². The Balaban J connectivity index is 1.19. The number of aliphatic hydroxyl groups is 1. The van der Waals surface area contributed by atoms with Crippen LogP contribution in [0.25, 0.3) is 5.57 Å². The van der Waals surface area contributed by atoms with Gasteiger partial charge in [0.1, 0.15) is 0 Å². The highest BCUT2D eigenvalue weighted by Crippen LogP contribution is 2.38. The van der Waals surface area contributed by atoms with Gasteiger partial charge in [-0.1, -0.05) is 59.7 Å². The van der Waals surface area contributed by atoms with Crippen molar-refractivity contribution in [3.63, 3.8) is 0 Å². The molecule has 0 amide bonds. The Morgan fingerprint density at radius 1 is 1.02 bits per heavy atom. The second kappa shape index (κ2) is 12.7. The molecule has 0 spiro atoms. The number of esters is 1. The van der Waals surface area contributed by atoms with Crippen LogP contribution in [0.2, 0.25) is 0 Å². The molecular weight excluding hydrogens is 508 g/mol. The van der Waals surface area contributed by atoms with Crippen LogP contribution in [0.5, 0.6) is 0 Å². The summed E-state index contributed by atoms with van der Waals surface area (Å²) in [6, 6.07) is 19.0. The minimum atomic E-state index is -0.710. The molecule has 0 bridgehead atoms. The number of likely N-dealkylation sites (tertiary alicyclic amines) is 1. The molecule has 0 radical (unpaired) electrons. The smallest absolute Gasteiger partial charge is 0.315 e. The molecule has 0 saturated carbocycles. The number of aryl methyl sites for hydroxylation is 3. The number of aliphatic hydroxyl groups excluding tert-OH is 1. The predicted molar refractivity (Wildman–Crippen MR) is 165 cm³/mol. The molecule has 1 saturated heterocycles. The number of pyridine rings is 1. The van der Waals surface area contributed by atoms with Crippen molar-refractivity contribution >= 4 is 11.5 Å². The summed E-state index contributed by atoms with van der Waals surface area (Å²) < 4.78 is 5.23. The van der Waals surface area contributed by atoms with Gasteiger partial charge in [-0.2, -0.15) is 0 Å². The van der Waals surface area contributed by atoms with E-state index in [0.29, 0.717) is 6.61 Å². The number of hydrogen-bond donors (Lipinski definition) is 1. The first-order valence-electron chi connectivity index (χ1n) is 15.2. The summed E-state index contributed by atoms with van der Waals surface area (Å²) in [4.78, 5) is 19.8. The van der Waals surface area contributed by atoms with Crippen molar-refractivity contribution in [2.75, 3.05) is 26.2 Å². The van der Waals surface area contributed by atoms with Gasteiger partial charge in [0.25, 0.3) is 0 Å². The maximum atomic E-state index is 12.3. The summed E-state index contributed by atoms with van der Waals surface area (Å²) >= 11 is 0. The normalized spacial score (nSPS) is 16.5. The molecule has 2 heterocycles. The monoisotopic (exact) mass is 552 g/mol. The van der Waals surface area contributed by atoms with Gasteiger partial charge in [0.15, 0.2) is 0 Å². The van der Waals surface area contributed by atoms with E-state index in [-0.39, 0.29) is 5.97 Å². The van der Waals surface area contributed by atoms with E-state index < -0.39 is 11.5 Å². The Hall–Kier alpha value is -3.28. The van der Waals surface area contributed by atoms with Crippen LogP contribution in [-0.2, 0) is 27.8 Å². The average Bonchev–Trinajstić information content (AvgIpc) is 3.14. The molecule has 216 valence electrons. The zero-order valence-electron chi connectivity index (χ0n) is 25.1. The van der Waals surface area contributed by atoms with E-state index in [0.717, 1.165) is 69.3 Å². The first-order chi connectivity index (χ1) is 19.8. The topological polar surface area (TPSA) is 62.7 Å². The number of nitrogens with zero attached hydrogens (tertiary/aromatic N) is 2. The van der Waals surface area contributed by atoms with Crippen LogP contribution < -0.4 is 0 Å². The second-order valence-corrected chi connectivity index (χ2v) is 12.1. The van der Waals surface area contributed by atoms with E-state index in [2.05, 4.69) is 42.2 Å². The molecule has 5 rings (SSSR count). The highest BCUT2D eigenvalue weighted by atomic mass is 16.5. The zero-order chi connectivity index (χ0) is 29.0. The SMILES string of the molecule is CCOC(=O)C(C)(C)c1ccc(C(O)CCCN2CCC(=C3c4ccc(C)cc4CCc4cccnc43)CC2)cc1. The molecular formula is C36H44N2O3. The van der Waals surface area contributed by atoms with Gasteiger partial charge in [0.2, 0.25) is 0 Å². The van der Waals surface area contributed by atoms with Crippen molar-refractivity contribution in [1.29, 1.82) is 0 Å². The number of benzene rings is 2. The summed E-state index contributed by atoms with van der Waals surface area (Å²) in [7, 11) is 0. The molecule has 1 atom stereocenters. The van der Waals surface area contributed by atoms with Gasteiger partial charge < -0.3 is 14.7 Å². The van der Waals surface area contributed by atoms with Crippen LogP contribution in [0.3, 0.4) is 0 Å². The molecule has 2 aromatic carbocycles. The number of ether oxygens (including phenoxy) is 1. The van der Waals surface area contributed by atoms with Gasteiger partial charge in [-0.3, -0.25) is 9.78 Å². The zero-order valence-corrected chi connectivity index (χ0v) is 25.1. The Morgan fingerprint density at radius 2 is 1.76 bits per heavy atom. The van der Waals surface area contributed by atoms with E-state index in [1.807, 2.05) is 51.2 Å². The maximum Gasteiger partial charge on any atom is 0.315 e. The number of carbonyl (C=O) groups excluding carboxylic acids is 1. The Bertz CT molecular complexity index is 1400. The van der Waals surface area contributed by atoms with Crippen molar-refractivity contribution in [2.45, 2.75) is 77.7 Å². The van der Waals surface area contributed by atoms with Crippen molar-refractivity contribution in [3.8, 4) is 0 Å². The summed E-state index contributed by atoms with van der Waals surface area (Å²) in [5, 5.41) is 10.9. The third kappa shape index (κ3) is 6.47. The molecule has 1 fully saturated rings. The van der Waals surface area contributed by atoms with E-state index in [9.17, 15) is 9.90 Å². The number of aromatic nitrogens is 1. The van der Waals surface area contributed by atoms with Gasteiger partial charge in [0.05, 0.1) is 23.8 Å². The van der Waals surface area contributed by atoms with Gasteiger partial charge >= 0.3 is 5.97 Å².